The van der Waals surface area contributed by atoms with Crippen molar-refractivity contribution in [2.24, 2.45) is 11.8 Å². The zero-order valence-electron chi connectivity index (χ0n) is 11.6. The second-order valence-corrected chi connectivity index (χ2v) is 4.89. The highest BCUT2D eigenvalue weighted by atomic mass is 16.5. The molecule has 0 saturated heterocycles. The molecular formula is C12H25N5O. The molecule has 1 atom stereocenters. The third-order valence-corrected chi connectivity index (χ3v) is 2.57. The molecule has 0 amide bonds. The number of rotatable bonds is 9. The molecule has 0 saturated carbocycles. The Morgan fingerprint density at radius 1 is 1.50 bits per heavy atom. The van der Waals surface area contributed by atoms with E-state index in [1.807, 2.05) is 4.68 Å². The van der Waals surface area contributed by atoms with Crippen LogP contribution >= 0.6 is 0 Å². The van der Waals surface area contributed by atoms with Crippen LogP contribution < -0.4 is 11.3 Å². The number of nitrogens with two attached hydrogens (primary N) is 1. The van der Waals surface area contributed by atoms with E-state index >= 15 is 0 Å². The fourth-order valence-electron chi connectivity index (χ4n) is 1.70. The summed E-state index contributed by atoms with van der Waals surface area (Å²) in [6, 6.07) is 0.0756. The first-order chi connectivity index (χ1) is 8.67. The summed E-state index contributed by atoms with van der Waals surface area (Å²) >= 11 is 0. The van der Waals surface area contributed by atoms with Crippen LogP contribution in [0, 0.1) is 5.92 Å². The average molecular weight is 255 g/mol. The fourth-order valence-corrected chi connectivity index (χ4v) is 1.70. The van der Waals surface area contributed by atoms with Gasteiger partial charge in [-0.15, -0.1) is 0 Å². The Kier molecular flexibility index (Phi) is 6.85. The lowest BCUT2D eigenvalue weighted by Gasteiger charge is -2.16. The summed E-state index contributed by atoms with van der Waals surface area (Å²) in [5, 5.41) is 4.24. The number of nitrogens with one attached hydrogen (secondary N) is 1. The van der Waals surface area contributed by atoms with E-state index in [1.54, 1.807) is 6.33 Å². The molecule has 3 N–H and O–H groups in total. The summed E-state index contributed by atoms with van der Waals surface area (Å²) in [5.74, 6) is 7.03. The zero-order valence-corrected chi connectivity index (χ0v) is 11.6. The van der Waals surface area contributed by atoms with Crippen molar-refractivity contribution in [3.63, 3.8) is 0 Å². The predicted molar refractivity (Wildman–Crippen MR) is 70.8 cm³/mol. The molecule has 1 unspecified atom stereocenters. The zero-order chi connectivity index (χ0) is 13.4. The second-order valence-electron chi connectivity index (χ2n) is 4.89. The van der Waals surface area contributed by atoms with Crippen molar-refractivity contribution in [2.75, 3.05) is 13.2 Å². The van der Waals surface area contributed by atoms with Crippen molar-refractivity contribution >= 4 is 0 Å². The van der Waals surface area contributed by atoms with Gasteiger partial charge in [0.15, 0.2) is 0 Å². The molecule has 1 aromatic rings. The van der Waals surface area contributed by atoms with Crippen molar-refractivity contribution in [1.29, 1.82) is 0 Å². The Balaban J connectivity index is 2.50. The van der Waals surface area contributed by atoms with Gasteiger partial charge in [-0.2, -0.15) is 5.10 Å². The molecular weight excluding hydrogens is 230 g/mol. The predicted octanol–water partition coefficient (Wildman–Crippen LogP) is 0.735. The van der Waals surface area contributed by atoms with E-state index in [0.717, 1.165) is 31.8 Å². The topological polar surface area (TPSA) is 78.0 Å². The van der Waals surface area contributed by atoms with Gasteiger partial charge in [0.2, 0.25) is 0 Å². The minimum absolute atomic E-state index is 0.0756. The second kappa shape index (κ2) is 8.18. The average Bonchev–Trinajstić information content (AvgIpc) is 2.74. The SMILES string of the molecule is CCCOCC(Cc1ncnn1CC(C)C)NN. The van der Waals surface area contributed by atoms with Crippen molar-refractivity contribution in [2.45, 2.75) is 46.2 Å². The largest absolute Gasteiger partial charge is 0.380 e. The maximum atomic E-state index is 5.54. The number of hydrogen-bond donors (Lipinski definition) is 2. The molecule has 0 bridgehead atoms. The minimum atomic E-state index is 0.0756. The monoisotopic (exact) mass is 255 g/mol. The molecule has 0 aliphatic carbocycles. The van der Waals surface area contributed by atoms with Crippen molar-refractivity contribution in [1.82, 2.24) is 20.2 Å². The highest BCUT2D eigenvalue weighted by Crippen LogP contribution is 2.04. The number of aromatic nitrogens is 3. The minimum Gasteiger partial charge on any atom is -0.380 e. The standard InChI is InChI=1S/C12H25N5O/c1-4-5-18-8-11(16-13)6-12-14-9-15-17(12)7-10(2)3/h9-11,16H,4-8,13H2,1-3H3. The lowest BCUT2D eigenvalue weighted by Crippen LogP contribution is -2.41. The van der Waals surface area contributed by atoms with Crippen LogP contribution in [0.25, 0.3) is 0 Å². The Labute approximate surface area is 109 Å². The van der Waals surface area contributed by atoms with Gasteiger partial charge in [-0.05, 0) is 12.3 Å². The van der Waals surface area contributed by atoms with E-state index in [2.05, 4.69) is 36.3 Å². The molecule has 1 heterocycles. The Hall–Kier alpha value is -0.980. The van der Waals surface area contributed by atoms with Gasteiger partial charge < -0.3 is 4.74 Å². The molecule has 0 aromatic carbocycles. The smallest absolute Gasteiger partial charge is 0.138 e. The molecule has 0 radical (unpaired) electrons. The van der Waals surface area contributed by atoms with E-state index in [1.165, 1.54) is 0 Å². The molecule has 6 nitrogen and oxygen atoms in total. The molecule has 0 aliphatic heterocycles. The highest BCUT2D eigenvalue weighted by Gasteiger charge is 2.13. The highest BCUT2D eigenvalue weighted by molar-refractivity contribution is 4.89. The summed E-state index contributed by atoms with van der Waals surface area (Å²) in [6.07, 6.45) is 3.34. The summed E-state index contributed by atoms with van der Waals surface area (Å²) in [5.41, 5.74) is 2.77. The van der Waals surface area contributed by atoms with Gasteiger partial charge in [-0.3, -0.25) is 11.3 Å². The van der Waals surface area contributed by atoms with Crippen LogP contribution in [-0.4, -0.2) is 34.0 Å². The quantitative estimate of drug-likeness (QED) is 0.386. The number of ether oxygens (including phenoxy) is 1. The molecule has 0 fully saturated rings. The maximum absolute atomic E-state index is 5.54. The number of nitrogens with zero attached hydrogens (tertiary/aromatic N) is 3. The lowest BCUT2D eigenvalue weighted by atomic mass is 10.2. The van der Waals surface area contributed by atoms with Gasteiger partial charge in [0.25, 0.3) is 0 Å². The summed E-state index contributed by atoms with van der Waals surface area (Å²) in [6.45, 7) is 8.64. The van der Waals surface area contributed by atoms with Crippen LogP contribution in [0.3, 0.4) is 0 Å². The van der Waals surface area contributed by atoms with Crippen LogP contribution in [0.4, 0.5) is 0 Å². The molecule has 6 heteroatoms. The Morgan fingerprint density at radius 2 is 2.28 bits per heavy atom. The van der Waals surface area contributed by atoms with Gasteiger partial charge in [-0.1, -0.05) is 20.8 Å². The van der Waals surface area contributed by atoms with Crippen LogP contribution in [0.5, 0.6) is 0 Å². The third kappa shape index (κ3) is 5.12. The Bertz CT molecular complexity index is 326. The molecule has 1 rings (SSSR count). The van der Waals surface area contributed by atoms with Gasteiger partial charge in [0.1, 0.15) is 12.2 Å². The van der Waals surface area contributed by atoms with Gasteiger partial charge in [0.05, 0.1) is 12.6 Å². The number of hydrogen-bond acceptors (Lipinski definition) is 5. The van der Waals surface area contributed by atoms with Crippen LogP contribution in [0.2, 0.25) is 0 Å². The molecule has 104 valence electrons. The summed E-state index contributed by atoms with van der Waals surface area (Å²) < 4.78 is 7.44. The maximum Gasteiger partial charge on any atom is 0.138 e. The van der Waals surface area contributed by atoms with E-state index < -0.39 is 0 Å². The third-order valence-electron chi connectivity index (χ3n) is 2.57. The summed E-state index contributed by atoms with van der Waals surface area (Å²) in [7, 11) is 0. The fraction of sp³-hybridized carbons (Fsp3) is 0.833. The molecule has 0 spiro atoms. The van der Waals surface area contributed by atoms with Crippen LogP contribution in [-0.2, 0) is 17.7 Å². The van der Waals surface area contributed by atoms with Gasteiger partial charge >= 0.3 is 0 Å². The first kappa shape index (κ1) is 15.1. The molecule has 1 aromatic heterocycles. The van der Waals surface area contributed by atoms with E-state index in [9.17, 15) is 0 Å². The van der Waals surface area contributed by atoms with E-state index in [-0.39, 0.29) is 6.04 Å². The van der Waals surface area contributed by atoms with Crippen LogP contribution in [0.1, 0.15) is 33.0 Å². The van der Waals surface area contributed by atoms with Crippen molar-refractivity contribution < 1.29 is 4.74 Å². The molecule has 18 heavy (non-hydrogen) atoms. The van der Waals surface area contributed by atoms with Crippen LogP contribution in [0.15, 0.2) is 6.33 Å². The molecule has 0 aliphatic rings. The lowest BCUT2D eigenvalue weighted by molar-refractivity contribution is 0.111. The van der Waals surface area contributed by atoms with Crippen molar-refractivity contribution in [3.8, 4) is 0 Å². The first-order valence-corrected chi connectivity index (χ1v) is 6.57. The van der Waals surface area contributed by atoms with Gasteiger partial charge in [0, 0.05) is 19.6 Å². The van der Waals surface area contributed by atoms with Gasteiger partial charge in [-0.25, -0.2) is 9.67 Å². The first-order valence-electron chi connectivity index (χ1n) is 6.57. The summed E-state index contributed by atoms with van der Waals surface area (Å²) in [4.78, 5) is 4.29. The number of hydrazine groups is 1. The van der Waals surface area contributed by atoms with Crippen molar-refractivity contribution in [3.05, 3.63) is 12.2 Å². The Morgan fingerprint density at radius 3 is 2.89 bits per heavy atom. The van der Waals surface area contributed by atoms with E-state index in [4.69, 9.17) is 10.6 Å². The normalized spacial score (nSPS) is 13.2. The van der Waals surface area contributed by atoms with E-state index in [0.29, 0.717) is 12.5 Å².